The zero-order chi connectivity index (χ0) is 14.8. The summed E-state index contributed by atoms with van der Waals surface area (Å²) in [7, 11) is 0. The minimum absolute atomic E-state index is 0.00151. The van der Waals surface area contributed by atoms with E-state index in [1.807, 2.05) is 24.3 Å². The lowest BCUT2D eigenvalue weighted by molar-refractivity contribution is -0.120. The standard InChI is InChI=1S/C16H16N2O3/c19-14-7-9-18(10-8-17-14)16(21)13-6-5-11-3-1-2-4-12(11)15(13)20/h1-6,20H,7-10H2,(H,17,19). The second kappa shape index (κ2) is 5.44. The summed E-state index contributed by atoms with van der Waals surface area (Å²) in [4.78, 5) is 25.5. The molecular formula is C16H16N2O3. The predicted octanol–water partition coefficient (Wildman–Crippen LogP) is 1.51. The van der Waals surface area contributed by atoms with Gasteiger partial charge in [0.25, 0.3) is 5.91 Å². The first kappa shape index (κ1) is 13.4. The Morgan fingerprint density at radius 2 is 1.95 bits per heavy atom. The maximum Gasteiger partial charge on any atom is 0.257 e. The fourth-order valence-corrected chi connectivity index (χ4v) is 2.57. The number of carbonyl (C=O) groups is 2. The van der Waals surface area contributed by atoms with Gasteiger partial charge in [-0.05, 0) is 11.5 Å². The fraction of sp³-hybridized carbons (Fsp3) is 0.250. The molecule has 5 heteroatoms. The van der Waals surface area contributed by atoms with Crippen LogP contribution >= 0.6 is 0 Å². The Balaban J connectivity index is 1.94. The number of nitrogens with zero attached hydrogens (tertiary/aromatic N) is 1. The third-order valence-electron chi connectivity index (χ3n) is 3.73. The zero-order valence-corrected chi connectivity index (χ0v) is 11.5. The summed E-state index contributed by atoms with van der Waals surface area (Å²) >= 11 is 0. The van der Waals surface area contributed by atoms with Gasteiger partial charge in [0.2, 0.25) is 5.91 Å². The number of fused-ring (bicyclic) bond motifs is 1. The number of nitrogens with one attached hydrogen (secondary N) is 1. The van der Waals surface area contributed by atoms with Crippen molar-refractivity contribution in [3.8, 4) is 5.75 Å². The summed E-state index contributed by atoms with van der Waals surface area (Å²) in [5.41, 5.74) is 0.281. The molecule has 1 fully saturated rings. The van der Waals surface area contributed by atoms with Crippen molar-refractivity contribution < 1.29 is 14.7 Å². The maximum absolute atomic E-state index is 12.6. The highest BCUT2D eigenvalue weighted by molar-refractivity contribution is 6.03. The molecule has 2 aromatic rings. The van der Waals surface area contributed by atoms with E-state index in [0.29, 0.717) is 31.4 Å². The zero-order valence-electron chi connectivity index (χ0n) is 11.5. The minimum atomic E-state index is -0.241. The first-order valence-electron chi connectivity index (χ1n) is 6.93. The molecule has 0 aromatic heterocycles. The first-order valence-corrected chi connectivity index (χ1v) is 6.93. The summed E-state index contributed by atoms with van der Waals surface area (Å²) < 4.78 is 0. The van der Waals surface area contributed by atoms with Gasteiger partial charge in [-0.1, -0.05) is 30.3 Å². The van der Waals surface area contributed by atoms with E-state index in [0.717, 1.165) is 5.39 Å². The van der Waals surface area contributed by atoms with Gasteiger partial charge in [-0.2, -0.15) is 0 Å². The molecular weight excluding hydrogens is 268 g/mol. The molecule has 3 rings (SSSR count). The molecule has 0 bridgehead atoms. The molecule has 2 aromatic carbocycles. The van der Waals surface area contributed by atoms with Gasteiger partial charge in [-0.15, -0.1) is 0 Å². The van der Waals surface area contributed by atoms with Gasteiger partial charge in [-0.25, -0.2) is 0 Å². The molecule has 2 N–H and O–H groups in total. The van der Waals surface area contributed by atoms with Crippen LogP contribution in [0.2, 0.25) is 0 Å². The number of phenols is 1. The molecule has 1 heterocycles. The van der Waals surface area contributed by atoms with E-state index < -0.39 is 0 Å². The summed E-state index contributed by atoms with van der Waals surface area (Å²) in [5, 5.41) is 14.6. The van der Waals surface area contributed by atoms with E-state index >= 15 is 0 Å². The van der Waals surface area contributed by atoms with Gasteiger partial charge in [0.15, 0.2) is 0 Å². The van der Waals surface area contributed by atoms with Gasteiger partial charge in [-0.3, -0.25) is 9.59 Å². The summed E-state index contributed by atoms with van der Waals surface area (Å²) in [5.74, 6) is -0.288. The van der Waals surface area contributed by atoms with Gasteiger partial charge < -0.3 is 15.3 Å². The molecule has 0 atom stereocenters. The molecule has 0 aliphatic carbocycles. The highest BCUT2D eigenvalue weighted by atomic mass is 16.3. The van der Waals surface area contributed by atoms with E-state index in [2.05, 4.69) is 5.32 Å². The highest BCUT2D eigenvalue weighted by Gasteiger charge is 2.22. The third-order valence-corrected chi connectivity index (χ3v) is 3.73. The fourth-order valence-electron chi connectivity index (χ4n) is 2.57. The van der Waals surface area contributed by atoms with Crippen LogP contribution in [0.25, 0.3) is 10.8 Å². The number of carbonyl (C=O) groups excluding carboxylic acids is 2. The molecule has 1 aliphatic rings. The Hall–Kier alpha value is -2.56. The molecule has 0 saturated carbocycles. The number of benzene rings is 2. The van der Waals surface area contributed by atoms with Gasteiger partial charge in [0.1, 0.15) is 5.75 Å². The average Bonchev–Trinajstić information content (AvgIpc) is 2.72. The molecule has 1 aliphatic heterocycles. The SMILES string of the molecule is O=C1CCN(C(=O)c2ccc3ccccc3c2O)CCN1. The van der Waals surface area contributed by atoms with Gasteiger partial charge in [0, 0.05) is 31.4 Å². The van der Waals surface area contributed by atoms with E-state index in [1.165, 1.54) is 0 Å². The molecule has 0 radical (unpaired) electrons. The lowest BCUT2D eigenvalue weighted by atomic mass is 10.0. The summed E-state index contributed by atoms with van der Waals surface area (Å²) in [6.45, 7) is 1.27. The largest absolute Gasteiger partial charge is 0.506 e. The topological polar surface area (TPSA) is 69.6 Å². The van der Waals surface area contributed by atoms with Crippen molar-refractivity contribution in [2.75, 3.05) is 19.6 Å². The first-order chi connectivity index (χ1) is 10.2. The molecule has 0 spiro atoms. The number of rotatable bonds is 1. The number of phenolic OH excluding ortho intramolecular Hbond substituents is 1. The Bertz CT molecular complexity index is 712. The van der Waals surface area contributed by atoms with Crippen molar-refractivity contribution in [3.05, 3.63) is 42.0 Å². The van der Waals surface area contributed by atoms with Crippen LogP contribution < -0.4 is 5.32 Å². The van der Waals surface area contributed by atoms with Crippen LogP contribution in [0, 0.1) is 0 Å². The van der Waals surface area contributed by atoms with Crippen LogP contribution in [0.3, 0.4) is 0 Å². The Kier molecular flexibility index (Phi) is 3.48. The van der Waals surface area contributed by atoms with E-state index in [4.69, 9.17) is 0 Å². The minimum Gasteiger partial charge on any atom is -0.506 e. The van der Waals surface area contributed by atoms with Crippen molar-refractivity contribution in [2.45, 2.75) is 6.42 Å². The lowest BCUT2D eigenvalue weighted by Crippen LogP contribution is -2.34. The smallest absolute Gasteiger partial charge is 0.257 e. The van der Waals surface area contributed by atoms with Crippen LogP contribution in [0.4, 0.5) is 0 Å². The van der Waals surface area contributed by atoms with Crippen LogP contribution in [-0.4, -0.2) is 41.5 Å². The quantitative estimate of drug-likeness (QED) is 0.834. The predicted molar refractivity (Wildman–Crippen MR) is 79.1 cm³/mol. The lowest BCUT2D eigenvalue weighted by Gasteiger charge is -2.20. The second-order valence-electron chi connectivity index (χ2n) is 5.08. The summed E-state index contributed by atoms with van der Waals surface area (Å²) in [6.07, 6.45) is 0.292. The molecule has 2 amide bonds. The molecule has 1 saturated heterocycles. The van der Waals surface area contributed by atoms with Gasteiger partial charge >= 0.3 is 0 Å². The number of hydrogen-bond donors (Lipinski definition) is 2. The highest BCUT2D eigenvalue weighted by Crippen LogP contribution is 2.29. The van der Waals surface area contributed by atoms with Crippen LogP contribution in [-0.2, 0) is 4.79 Å². The summed E-state index contributed by atoms with van der Waals surface area (Å²) in [6, 6.07) is 10.8. The van der Waals surface area contributed by atoms with E-state index in [9.17, 15) is 14.7 Å². The van der Waals surface area contributed by atoms with Crippen molar-refractivity contribution in [3.63, 3.8) is 0 Å². The normalized spacial score (nSPS) is 15.6. The number of amides is 2. The Morgan fingerprint density at radius 3 is 2.81 bits per heavy atom. The van der Waals surface area contributed by atoms with Crippen LogP contribution in [0.15, 0.2) is 36.4 Å². The van der Waals surface area contributed by atoms with E-state index in [-0.39, 0.29) is 23.1 Å². The number of hydrogen-bond acceptors (Lipinski definition) is 3. The second-order valence-corrected chi connectivity index (χ2v) is 5.08. The molecule has 5 nitrogen and oxygen atoms in total. The average molecular weight is 284 g/mol. The number of aromatic hydroxyl groups is 1. The van der Waals surface area contributed by atoms with Gasteiger partial charge in [0.05, 0.1) is 5.56 Å². The molecule has 0 unspecified atom stereocenters. The van der Waals surface area contributed by atoms with E-state index in [1.54, 1.807) is 17.0 Å². The van der Waals surface area contributed by atoms with Crippen molar-refractivity contribution in [2.24, 2.45) is 0 Å². The van der Waals surface area contributed by atoms with Crippen molar-refractivity contribution in [1.82, 2.24) is 10.2 Å². The van der Waals surface area contributed by atoms with Crippen LogP contribution in [0.5, 0.6) is 5.75 Å². The molecule has 21 heavy (non-hydrogen) atoms. The van der Waals surface area contributed by atoms with Crippen LogP contribution in [0.1, 0.15) is 16.8 Å². The maximum atomic E-state index is 12.6. The monoisotopic (exact) mass is 284 g/mol. The molecule has 108 valence electrons. The van der Waals surface area contributed by atoms with Crippen molar-refractivity contribution in [1.29, 1.82) is 0 Å². The Labute approximate surface area is 122 Å². The van der Waals surface area contributed by atoms with Crippen molar-refractivity contribution >= 4 is 22.6 Å². The Morgan fingerprint density at radius 1 is 1.14 bits per heavy atom. The third kappa shape index (κ3) is 2.54.